The zero-order chi connectivity index (χ0) is 9.68. The van der Waals surface area contributed by atoms with Crippen LogP contribution in [0.2, 0.25) is 0 Å². The van der Waals surface area contributed by atoms with E-state index in [4.69, 9.17) is 10.5 Å². The van der Waals surface area contributed by atoms with Crippen LogP contribution in [0.25, 0.3) is 6.08 Å². The molecule has 0 fully saturated rings. The molecular formula is C10H14N2O. The van der Waals surface area contributed by atoms with Crippen LogP contribution in [0.3, 0.4) is 0 Å². The number of hydrogen-bond acceptors (Lipinski definition) is 3. The first-order valence-corrected chi connectivity index (χ1v) is 4.23. The van der Waals surface area contributed by atoms with E-state index in [9.17, 15) is 0 Å². The molecule has 3 nitrogen and oxygen atoms in total. The molecule has 0 aromatic carbocycles. The summed E-state index contributed by atoms with van der Waals surface area (Å²) in [5, 5.41) is 0. The van der Waals surface area contributed by atoms with Crippen LogP contribution in [0.5, 0.6) is 5.75 Å². The van der Waals surface area contributed by atoms with E-state index in [0.29, 0.717) is 0 Å². The Bertz CT molecular complexity index is 295. The number of aromatic nitrogens is 1. The molecule has 0 radical (unpaired) electrons. The van der Waals surface area contributed by atoms with E-state index < -0.39 is 0 Å². The van der Waals surface area contributed by atoms with Crippen LogP contribution in [0.1, 0.15) is 19.5 Å². The highest BCUT2D eigenvalue weighted by atomic mass is 16.5. The fourth-order valence-corrected chi connectivity index (χ4v) is 0.963. The number of rotatable bonds is 3. The SMILES string of the molecule is CC(C)Oc1ccnc(/C=C\N)c1. The molecule has 0 bridgehead atoms. The van der Waals surface area contributed by atoms with Gasteiger partial charge in [-0.2, -0.15) is 0 Å². The smallest absolute Gasteiger partial charge is 0.123 e. The molecule has 1 rings (SSSR count). The Balaban J connectivity index is 2.79. The van der Waals surface area contributed by atoms with Crippen LogP contribution in [0.4, 0.5) is 0 Å². The molecule has 0 atom stereocenters. The second kappa shape index (κ2) is 4.50. The second-order valence-corrected chi connectivity index (χ2v) is 2.94. The number of hydrogen-bond donors (Lipinski definition) is 1. The molecule has 0 aliphatic heterocycles. The van der Waals surface area contributed by atoms with Crippen LogP contribution in [-0.2, 0) is 0 Å². The zero-order valence-electron chi connectivity index (χ0n) is 7.90. The summed E-state index contributed by atoms with van der Waals surface area (Å²) < 4.78 is 5.49. The van der Waals surface area contributed by atoms with Crippen LogP contribution >= 0.6 is 0 Å². The van der Waals surface area contributed by atoms with E-state index in [-0.39, 0.29) is 6.10 Å². The molecular weight excluding hydrogens is 164 g/mol. The largest absolute Gasteiger partial charge is 0.491 e. The molecule has 1 aromatic rings. The van der Waals surface area contributed by atoms with Crippen molar-refractivity contribution in [3.05, 3.63) is 30.2 Å². The van der Waals surface area contributed by atoms with E-state index in [1.807, 2.05) is 26.0 Å². The average Bonchev–Trinajstić information content (AvgIpc) is 2.04. The molecule has 0 unspecified atom stereocenters. The Kier molecular flexibility index (Phi) is 3.31. The van der Waals surface area contributed by atoms with Gasteiger partial charge in [0.1, 0.15) is 5.75 Å². The first kappa shape index (κ1) is 9.58. The zero-order valence-corrected chi connectivity index (χ0v) is 7.90. The van der Waals surface area contributed by atoms with E-state index in [1.165, 1.54) is 6.20 Å². The van der Waals surface area contributed by atoms with Gasteiger partial charge < -0.3 is 10.5 Å². The molecule has 1 heterocycles. The van der Waals surface area contributed by atoms with Crippen molar-refractivity contribution in [1.29, 1.82) is 0 Å². The molecule has 0 amide bonds. The third kappa shape index (κ3) is 3.15. The minimum atomic E-state index is 0.178. The summed E-state index contributed by atoms with van der Waals surface area (Å²) in [5.74, 6) is 0.818. The molecule has 0 aliphatic rings. The number of nitrogens with two attached hydrogens (primary N) is 1. The molecule has 0 saturated carbocycles. The lowest BCUT2D eigenvalue weighted by molar-refractivity contribution is 0.242. The quantitative estimate of drug-likeness (QED) is 0.767. The Hall–Kier alpha value is -1.51. The van der Waals surface area contributed by atoms with Gasteiger partial charge in [-0.15, -0.1) is 0 Å². The van der Waals surface area contributed by atoms with E-state index in [1.54, 1.807) is 12.3 Å². The van der Waals surface area contributed by atoms with Gasteiger partial charge in [0.05, 0.1) is 11.8 Å². The lowest BCUT2D eigenvalue weighted by Gasteiger charge is -2.09. The first-order chi connectivity index (χ1) is 6.22. The Labute approximate surface area is 78.2 Å². The summed E-state index contributed by atoms with van der Waals surface area (Å²) in [6.07, 6.45) is 5.07. The highest BCUT2D eigenvalue weighted by Gasteiger charge is 1.97. The van der Waals surface area contributed by atoms with Crippen LogP contribution in [0.15, 0.2) is 24.5 Å². The molecule has 2 N–H and O–H groups in total. The van der Waals surface area contributed by atoms with Gasteiger partial charge in [0.25, 0.3) is 0 Å². The average molecular weight is 178 g/mol. The van der Waals surface area contributed by atoms with Crippen molar-refractivity contribution in [3.8, 4) is 5.75 Å². The van der Waals surface area contributed by atoms with Crippen LogP contribution < -0.4 is 10.5 Å². The molecule has 3 heteroatoms. The lowest BCUT2D eigenvalue weighted by Crippen LogP contribution is -2.05. The predicted molar refractivity (Wildman–Crippen MR) is 53.2 cm³/mol. The summed E-state index contributed by atoms with van der Waals surface area (Å²) in [6, 6.07) is 3.68. The standard InChI is InChI=1S/C10H14N2O/c1-8(2)13-10-4-6-12-9(7-10)3-5-11/h3-8H,11H2,1-2H3/b5-3-. The summed E-state index contributed by atoms with van der Waals surface area (Å²) >= 11 is 0. The van der Waals surface area contributed by atoms with E-state index in [0.717, 1.165) is 11.4 Å². The van der Waals surface area contributed by atoms with Crippen molar-refractivity contribution < 1.29 is 4.74 Å². The fourth-order valence-electron chi connectivity index (χ4n) is 0.963. The topological polar surface area (TPSA) is 48.1 Å². The van der Waals surface area contributed by atoms with Crippen LogP contribution in [-0.4, -0.2) is 11.1 Å². The molecule has 0 saturated heterocycles. The van der Waals surface area contributed by atoms with Crippen molar-refractivity contribution in [2.75, 3.05) is 0 Å². The maximum atomic E-state index is 5.49. The highest BCUT2D eigenvalue weighted by Crippen LogP contribution is 2.13. The Morgan fingerprint density at radius 1 is 1.54 bits per heavy atom. The van der Waals surface area contributed by atoms with Gasteiger partial charge in [-0.1, -0.05) is 0 Å². The van der Waals surface area contributed by atoms with Gasteiger partial charge >= 0.3 is 0 Å². The van der Waals surface area contributed by atoms with Crippen molar-refractivity contribution in [2.24, 2.45) is 5.73 Å². The Morgan fingerprint density at radius 3 is 2.92 bits per heavy atom. The van der Waals surface area contributed by atoms with Gasteiger partial charge in [-0.3, -0.25) is 4.98 Å². The molecule has 1 aromatic heterocycles. The third-order valence-electron chi connectivity index (χ3n) is 1.39. The Morgan fingerprint density at radius 2 is 2.31 bits per heavy atom. The van der Waals surface area contributed by atoms with Crippen molar-refractivity contribution in [2.45, 2.75) is 20.0 Å². The third-order valence-corrected chi connectivity index (χ3v) is 1.39. The summed E-state index contributed by atoms with van der Waals surface area (Å²) in [6.45, 7) is 3.97. The fraction of sp³-hybridized carbons (Fsp3) is 0.300. The van der Waals surface area contributed by atoms with E-state index >= 15 is 0 Å². The minimum absolute atomic E-state index is 0.178. The van der Waals surface area contributed by atoms with E-state index in [2.05, 4.69) is 4.98 Å². The minimum Gasteiger partial charge on any atom is -0.491 e. The van der Waals surface area contributed by atoms with Gasteiger partial charge in [0, 0.05) is 12.3 Å². The molecule has 70 valence electrons. The predicted octanol–water partition coefficient (Wildman–Crippen LogP) is 1.80. The molecule has 13 heavy (non-hydrogen) atoms. The van der Waals surface area contributed by atoms with Crippen molar-refractivity contribution >= 4 is 6.08 Å². The lowest BCUT2D eigenvalue weighted by atomic mass is 10.3. The normalized spacial score (nSPS) is 11.0. The maximum Gasteiger partial charge on any atom is 0.123 e. The monoisotopic (exact) mass is 178 g/mol. The summed E-state index contributed by atoms with van der Waals surface area (Å²) in [5.41, 5.74) is 6.06. The molecule has 0 aliphatic carbocycles. The van der Waals surface area contributed by atoms with Gasteiger partial charge in [0.15, 0.2) is 0 Å². The van der Waals surface area contributed by atoms with Gasteiger partial charge in [-0.25, -0.2) is 0 Å². The number of pyridine rings is 1. The molecule has 0 spiro atoms. The highest BCUT2D eigenvalue weighted by molar-refractivity contribution is 5.46. The summed E-state index contributed by atoms with van der Waals surface area (Å²) in [4.78, 5) is 4.09. The first-order valence-electron chi connectivity index (χ1n) is 4.23. The number of nitrogens with zero attached hydrogens (tertiary/aromatic N) is 1. The second-order valence-electron chi connectivity index (χ2n) is 2.94. The van der Waals surface area contributed by atoms with Crippen LogP contribution in [0, 0.1) is 0 Å². The maximum absolute atomic E-state index is 5.49. The number of ether oxygens (including phenoxy) is 1. The summed E-state index contributed by atoms with van der Waals surface area (Å²) in [7, 11) is 0. The van der Waals surface area contributed by atoms with Crippen molar-refractivity contribution in [3.63, 3.8) is 0 Å². The van der Waals surface area contributed by atoms with Gasteiger partial charge in [-0.05, 0) is 32.2 Å². The van der Waals surface area contributed by atoms with Crippen molar-refractivity contribution in [1.82, 2.24) is 4.98 Å². The van der Waals surface area contributed by atoms with Gasteiger partial charge in [0.2, 0.25) is 0 Å².